The van der Waals surface area contributed by atoms with Crippen LogP contribution in [0.4, 0.5) is 0 Å². The van der Waals surface area contributed by atoms with Gasteiger partial charge in [0.2, 0.25) is 0 Å². The molecule has 2 aromatic carbocycles. The Morgan fingerprint density at radius 1 is 1.11 bits per heavy atom. The van der Waals surface area contributed by atoms with Gasteiger partial charge in [-0.1, -0.05) is 35.9 Å². The molecule has 0 heterocycles. The molecule has 1 N–H and O–H groups in total. The Morgan fingerprint density at radius 3 is 2.61 bits per heavy atom. The molecule has 0 amide bonds. The van der Waals surface area contributed by atoms with Crippen molar-refractivity contribution < 1.29 is 0 Å². The van der Waals surface area contributed by atoms with Crippen LogP contribution in [0.3, 0.4) is 0 Å². The van der Waals surface area contributed by atoms with E-state index in [4.69, 9.17) is 11.6 Å². The summed E-state index contributed by atoms with van der Waals surface area (Å²) in [4.78, 5) is 0. The number of benzene rings is 2. The lowest BCUT2D eigenvalue weighted by Gasteiger charge is -2.13. The van der Waals surface area contributed by atoms with Gasteiger partial charge in [-0.25, -0.2) is 0 Å². The van der Waals surface area contributed by atoms with Gasteiger partial charge in [0.1, 0.15) is 0 Å². The van der Waals surface area contributed by atoms with E-state index in [9.17, 15) is 0 Å². The molecule has 0 spiro atoms. The molecule has 1 nitrogen and oxygen atoms in total. The average Bonchev–Trinajstić information content (AvgIpc) is 2.40. The summed E-state index contributed by atoms with van der Waals surface area (Å²) >= 11 is 6.08. The lowest BCUT2D eigenvalue weighted by molar-refractivity contribution is 0.652. The number of rotatable bonds is 3. The van der Waals surface area contributed by atoms with Gasteiger partial charge in [-0.05, 0) is 61.3 Å². The molecule has 0 saturated heterocycles. The second kappa shape index (κ2) is 5.55. The molecule has 0 aromatic heterocycles. The van der Waals surface area contributed by atoms with E-state index in [1.807, 2.05) is 19.2 Å². The zero-order valence-corrected chi connectivity index (χ0v) is 11.8. The highest BCUT2D eigenvalue weighted by Gasteiger charge is 2.06. The van der Waals surface area contributed by atoms with E-state index in [-0.39, 0.29) is 0 Å². The highest BCUT2D eigenvalue weighted by atomic mass is 35.5. The van der Waals surface area contributed by atoms with E-state index in [0.717, 1.165) is 5.02 Å². The minimum Gasteiger partial charge on any atom is -0.313 e. The average molecular weight is 260 g/mol. The van der Waals surface area contributed by atoms with E-state index in [1.165, 1.54) is 22.3 Å². The predicted octanol–water partition coefficient (Wildman–Crippen LogP) is 4.60. The molecule has 0 aliphatic heterocycles. The van der Waals surface area contributed by atoms with Crippen molar-refractivity contribution in [3.8, 4) is 11.1 Å². The fourth-order valence-corrected chi connectivity index (χ4v) is 2.22. The van der Waals surface area contributed by atoms with Crippen LogP contribution in [0.15, 0.2) is 42.5 Å². The summed E-state index contributed by atoms with van der Waals surface area (Å²) < 4.78 is 0. The van der Waals surface area contributed by atoms with Crippen molar-refractivity contribution in [1.82, 2.24) is 5.32 Å². The summed E-state index contributed by atoms with van der Waals surface area (Å²) in [5.41, 5.74) is 4.95. The number of halogens is 1. The Bertz CT molecular complexity index is 549. The first-order chi connectivity index (χ1) is 8.61. The van der Waals surface area contributed by atoms with E-state index < -0.39 is 0 Å². The van der Waals surface area contributed by atoms with Crippen molar-refractivity contribution in [2.75, 3.05) is 7.05 Å². The third-order valence-corrected chi connectivity index (χ3v) is 3.57. The van der Waals surface area contributed by atoms with Gasteiger partial charge in [0, 0.05) is 11.1 Å². The molecule has 0 saturated carbocycles. The minimum absolute atomic E-state index is 0.351. The zero-order chi connectivity index (χ0) is 13.1. The largest absolute Gasteiger partial charge is 0.313 e. The fourth-order valence-electron chi connectivity index (χ4n) is 2.05. The molecule has 2 aromatic rings. The van der Waals surface area contributed by atoms with Crippen LogP contribution in [0, 0.1) is 6.92 Å². The summed E-state index contributed by atoms with van der Waals surface area (Å²) in [6.07, 6.45) is 0. The van der Waals surface area contributed by atoms with Crippen molar-refractivity contribution in [1.29, 1.82) is 0 Å². The van der Waals surface area contributed by atoms with Crippen LogP contribution in [0.25, 0.3) is 11.1 Å². The van der Waals surface area contributed by atoms with Crippen molar-refractivity contribution >= 4 is 11.6 Å². The molecule has 0 aliphatic carbocycles. The predicted molar refractivity (Wildman–Crippen MR) is 79.1 cm³/mol. The quantitative estimate of drug-likeness (QED) is 0.850. The fraction of sp³-hybridized carbons (Fsp3) is 0.250. The highest BCUT2D eigenvalue weighted by Crippen LogP contribution is 2.28. The van der Waals surface area contributed by atoms with Gasteiger partial charge in [0.25, 0.3) is 0 Å². The molecule has 0 aliphatic rings. The van der Waals surface area contributed by atoms with Gasteiger partial charge in [-0.15, -0.1) is 0 Å². The third-order valence-electron chi connectivity index (χ3n) is 3.33. The Labute approximate surface area is 114 Å². The smallest absolute Gasteiger partial charge is 0.0412 e. The van der Waals surface area contributed by atoms with Gasteiger partial charge >= 0.3 is 0 Å². The second-order valence-corrected chi connectivity index (χ2v) is 5.03. The van der Waals surface area contributed by atoms with E-state index in [1.54, 1.807) is 0 Å². The normalized spacial score (nSPS) is 12.4. The van der Waals surface area contributed by atoms with Gasteiger partial charge in [0.15, 0.2) is 0 Å². The van der Waals surface area contributed by atoms with Crippen LogP contribution in [0.1, 0.15) is 24.1 Å². The first kappa shape index (κ1) is 13.1. The molecule has 2 rings (SSSR count). The molecule has 1 unspecified atom stereocenters. The number of hydrogen-bond donors (Lipinski definition) is 1. The van der Waals surface area contributed by atoms with Crippen molar-refractivity contribution in [3.63, 3.8) is 0 Å². The zero-order valence-electron chi connectivity index (χ0n) is 11.0. The van der Waals surface area contributed by atoms with E-state index in [0.29, 0.717) is 6.04 Å². The Hall–Kier alpha value is -1.31. The molecular weight excluding hydrogens is 242 g/mol. The molecule has 0 bridgehead atoms. The number of aryl methyl sites for hydroxylation is 1. The number of nitrogens with one attached hydrogen (secondary N) is 1. The van der Waals surface area contributed by atoms with Crippen molar-refractivity contribution in [2.45, 2.75) is 19.9 Å². The molecule has 2 heteroatoms. The minimum atomic E-state index is 0.351. The van der Waals surface area contributed by atoms with Gasteiger partial charge in [0.05, 0.1) is 0 Å². The maximum absolute atomic E-state index is 6.08. The Balaban J connectivity index is 2.47. The summed E-state index contributed by atoms with van der Waals surface area (Å²) in [5, 5.41) is 4.04. The maximum atomic E-state index is 6.08. The molecule has 18 heavy (non-hydrogen) atoms. The van der Waals surface area contributed by atoms with Crippen LogP contribution in [0.5, 0.6) is 0 Å². The van der Waals surface area contributed by atoms with Gasteiger partial charge in [-0.2, -0.15) is 0 Å². The lowest BCUT2D eigenvalue weighted by atomic mass is 9.97. The molecule has 1 atom stereocenters. The van der Waals surface area contributed by atoms with E-state index >= 15 is 0 Å². The van der Waals surface area contributed by atoms with Gasteiger partial charge in [-0.3, -0.25) is 0 Å². The van der Waals surface area contributed by atoms with Crippen molar-refractivity contribution in [3.05, 3.63) is 58.6 Å². The summed E-state index contributed by atoms with van der Waals surface area (Å²) in [6.45, 7) is 4.27. The Morgan fingerprint density at radius 2 is 1.89 bits per heavy atom. The van der Waals surface area contributed by atoms with Crippen LogP contribution in [-0.4, -0.2) is 7.05 Å². The van der Waals surface area contributed by atoms with Crippen LogP contribution in [-0.2, 0) is 0 Å². The van der Waals surface area contributed by atoms with Crippen LogP contribution >= 0.6 is 11.6 Å². The summed E-state index contributed by atoms with van der Waals surface area (Å²) in [6, 6.07) is 15.0. The van der Waals surface area contributed by atoms with Crippen LogP contribution < -0.4 is 5.32 Å². The van der Waals surface area contributed by atoms with E-state index in [2.05, 4.69) is 49.5 Å². The topological polar surface area (TPSA) is 12.0 Å². The first-order valence-corrected chi connectivity index (χ1v) is 6.53. The summed E-state index contributed by atoms with van der Waals surface area (Å²) in [7, 11) is 1.97. The number of hydrogen-bond acceptors (Lipinski definition) is 1. The third kappa shape index (κ3) is 2.74. The molecule has 0 radical (unpaired) electrons. The molecular formula is C16H18ClN. The molecule has 94 valence electrons. The second-order valence-electron chi connectivity index (χ2n) is 4.60. The monoisotopic (exact) mass is 259 g/mol. The Kier molecular flexibility index (Phi) is 4.05. The summed E-state index contributed by atoms with van der Waals surface area (Å²) in [5.74, 6) is 0. The standard InChI is InChI=1S/C16H18ClN/c1-11-7-8-15(17)10-16(11)14-6-4-5-13(9-14)12(2)18-3/h4-10,12,18H,1-3H3. The van der Waals surface area contributed by atoms with Gasteiger partial charge < -0.3 is 5.32 Å². The highest BCUT2D eigenvalue weighted by molar-refractivity contribution is 6.30. The van der Waals surface area contributed by atoms with Crippen LogP contribution in [0.2, 0.25) is 5.02 Å². The first-order valence-electron chi connectivity index (χ1n) is 6.15. The lowest BCUT2D eigenvalue weighted by Crippen LogP contribution is -2.12. The SMILES string of the molecule is CNC(C)c1cccc(-c2cc(Cl)ccc2C)c1. The maximum Gasteiger partial charge on any atom is 0.0412 e. The molecule has 0 fully saturated rings. The van der Waals surface area contributed by atoms with Crippen molar-refractivity contribution in [2.24, 2.45) is 0 Å².